The van der Waals surface area contributed by atoms with Crippen molar-refractivity contribution in [1.29, 1.82) is 0 Å². The zero-order valence-electron chi connectivity index (χ0n) is 11.3. The van der Waals surface area contributed by atoms with Gasteiger partial charge in [0.15, 0.2) is 0 Å². The Morgan fingerprint density at radius 3 is 2.83 bits per heavy atom. The van der Waals surface area contributed by atoms with E-state index in [4.69, 9.17) is 5.73 Å². The molecule has 0 spiro atoms. The number of anilines is 2. The van der Waals surface area contributed by atoms with Gasteiger partial charge in [-0.25, -0.2) is 9.97 Å². The smallest absolute Gasteiger partial charge is 0.135 e. The Bertz CT molecular complexity index is 421. The van der Waals surface area contributed by atoms with Crippen LogP contribution in [0.25, 0.3) is 0 Å². The van der Waals surface area contributed by atoms with Crippen LogP contribution in [0.5, 0.6) is 0 Å². The maximum atomic E-state index is 9.50. The standard InChI is InChI=1S/C13H22N4O/c1-8(2)13-15-11(14)6-12(16-13)17-5-4-9(3)10(17)7-18/h6,8-10,18H,4-5,7H2,1-3H3,(H2,14,15,16). The molecule has 0 bridgehead atoms. The molecule has 1 aliphatic rings. The molecule has 0 aromatic carbocycles. The number of aromatic nitrogens is 2. The summed E-state index contributed by atoms with van der Waals surface area (Å²) in [6, 6.07) is 1.94. The molecule has 0 saturated carbocycles. The van der Waals surface area contributed by atoms with E-state index in [1.165, 1.54) is 0 Å². The van der Waals surface area contributed by atoms with Crippen LogP contribution in [-0.4, -0.2) is 34.3 Å². The van der Waals surface area contributed by atoms with Crippen molar-refractivity contribution in [2.24, 2.45) is 5.92 Å². The van der Waals surface area contributed by atoms with E-state index in [0.717, 1.165) is 24.6 Å². The van der Waals surface area contributed by atoms with Crippen molar-refractivity contribution in [3.8, 4) is 0 Å². The van der Waals surface area contributed by atoms with Crippen LogP contribution in [0.1, 0.15) is 38.9 Å². The zero-order valence-corrected chi connectivity index (χ0v) is 11.3. The lowest BCUT2D eigenvalue weighted by Crippen LogP contribution is -2.36. The molecule has 0 aliphatic carbocycles. The normalized spacial score (nSPS) is 23.9. The predicted octanol–water partition coefficient (Wildman–Crippen LogP) is 1.39. The summed E-state index contributed by atoms with van der Waals surface area (Å²) < 4.78 is 0. The Morgan fingerprint density at radius 1 is 1.50 bits per heavy atom. The number of hydrogen-bond donors (Lipinski definition) is 2. The van der Waals surface area contributed by atoms with Gasteiger partial charge in [0.05, 0.1) is 12.6 Å². The Hall–Kier alpha value is -1.36. The maximum absolute atomic E-state index is 9.50. The Labute approximate surface area is 108 Å². The second-order valence-corrected chi connectivity index (χ2v) is 5.37. The second-order valence-electron chi connectivity index (χ2n) is 5.37. The van der Waals surface area contributed by atoms with Gasteiger partial charge in [-0.05, 0) is 12.3 Å². The van der Waals surface area contributed by atoms with Gasteiger partial charge in [0.2, 0.25) is 0 Å². The summed E-state index contributed by atoms with van der Waals surface area (Å²) in [5.41, 5.74) is 5.85. The minimum atomic E-state index is 0.138. The fourth-order valence-corrected chi connectivity index (χ4v) is 2.45. The molecule has 5 nitrogen and oxygen atoms in total. The highest BCUT2D eigenvalue weighted by atomic mass is 16.3. The maximum Gasteiger partial charge on any atom is 0.135 e. The van der Waals surface area contributed by atoms with Gasteiger partial charge in [-0.15, -0.1) is 0 Å². The molecule has 1 aromatic heterocycles. The third-order valence-electron chi connectivity index (χ3n) is 3.63. The summed E-state index contributed by atoms with van der Waals surface area (Å²) in [6.45, 7) is 7.33. The van der Waals surface area contributed by atoms with Crippen molar-refractivity contribution in [1.82, 2.24) is 9.97 Å². The highest BCUT2D eigenvalue weighted by molar-refractivity contribution is 5.49. The number of aliphatic hydroxyl groups excluding tert-OH is 1. The molecule has 2 unspecified atom stereocenters. The molecular formula is C13H22N4O. The average Bonchev–Trinajstić information content (AvgIpc) is 2.69. The molecule has 3 N–H and O–H groups in total. The Balaban J connectivity index is 2.33. The lowest BCUT2D eigenvalue weighted by molar-refractivity contribution is 0.244. The first-order valence-corrected chi connectivity index (χ1v) is 6.55. The third-order valence-corrected chi connectivity index (χ3v) is 3.63. The lowest BCUT2D eigenvalue weighted by Gasteiger charge is -2.26. The van der Waals surface area contributed by atoms with Gasteiger partial charge >= 0.3 is 0 Å². The summed E-state index contributed by atoms with van der Waals surface area (Å²) >= 11 is 0. The van der Waals surface area contributed by atoms with E-state index >= 15 is 0 Å². The highest BCUT2D eigenvalue weighted by Gasteiger charge is 2.31. The number of nitrogens with zero attached hydrogens (tertiary/aromatic N) is 3. The van der Waals surface area contributed by atoms with Gasteiger partial charge in [-0.2, -0.15) is 0 Å². The summed E-state index contributed by atoms with van der Waals surface area (Å²) in [5.74, 6) is 2.84. The molecule has 5 heteroatoms. The van der Waals surface area contributed by atoms with Crippen LogP contribution in [-0.2, 0) is 0 Å². The van der Waals surface area contributed by atoms with Crippen molar-refractivity contribution < 1.29 is 5.11 Å². The van der Waals surface area contributed by atoms with E-state index in [9.17, 15) is 5.11 Å². The SMILES string of the molecule is CC(C)c1nc(N)cc(N2CCC(C)C2CO)n1. The van der Waals surface area contributed by atoms with Crippen LogP contribution in [0.15, 0.2) is 6.07 Å². The molecule has 0 radical (unpaired) electrons. The van der Waals surface area contributed by atoms with E-state index < -0.39 is 0 Å². The summed E-state index contributed by atoms with van der Waals surface area (Å²) in [6.07, 6.45) is 1.08. The van der Waals surface area contributed by atoms with Gasteiger partial charge in [0.1, 0.15) is 17.5 Å². The largest absolute Gasteiger partial charge is 0.394 e. The van der Waals surface area contributed by atoms with Gasteiger partial charge in [0.25, 0.3) is 0 Å². The first kappa shape index (κ1) is 13.1. The van der Waals surface area contributed by atoms with E-state index in [-0.39, 0.29) is 18.6 Å². The molecular weight excluding hydrogens is 228 g/mol. The highest BCUT2D eigenvalue weighted by Crippen LogP contribution is 2.29. The molecule has 2 atom stereocenters. The predicted molar refractivity (Wildman–Crippen MR) is 72.5 cm³/mol. The second kappa shape index (κ2) is 5.10. The quantitative estimate of drug-likeness (QED) is 0.848. The first-order valence-electron chi connectivity index (χ1n) is 6.55. The number of nitrogens with two attached hydrogens (primary N) is 1. The Kier molecular flexibility index (Phi) is 3.71. The lowest BCUT2D eigenvalue weighted by atomic mass is 10.0. The summed E-state index contributed by atoms with van der Waals surface area (Å²) in [4.78, 5) is 11.0. The molecule has 18 heavy (non-hydrogen) atoms. The molecule has 2 heterocycles. The van der Waals surface area contributed by atoms with Gasteiger partial charge < -0.3 is 15.7 Å². The fourth-order valence-electron chi connectivity index (χ4n) is 2.45. The first-order chi connectivity index (χ1) is 8.52. The van der Waals surface area contributed by atoms with E-state index in [1.54, 1.807) is 6.07 Å². The molecule has 1 saturated heterocycles. The van der Waals surface area contributed by atoms with Crippen LogP contribution in [0, 0.1) is 5.92 Å². The topological polar surface area (TPSA) is 75.3 Å². The van der Waals surface area contributed by atoms with Crippen molar-refractivity contribution in [3.63, 3.8) is 0 Å². The molecule has 100 valence electrons. The van der Waals surface area contributed by atoms with Crippen LogP contribution >= 0.6 is 0 Å². The fraction of sp³-hybridized carbons (Fsp3) is 0.692. The van der Waals surface area contributed by atoms with Gasteiger partial charge in [0, 0.05) is 18.5 Å². The van der Waals surface area contributed by atoms with Crippen LogP contribution in [0.3, 0.4) is 0 Å². The minimum absolute atomic E-state index is 0.138. The number of aliphatic hydroxyl groups is 1. The van der Waals surface area contributed by atoms with Crippen LogP contribution in [0.4, 0.5) is 11.6 Å². The molecule has 1 aliphatic heterocycles. The summed E-state index contributed by atoms with van der Waals surface area (Å²) in [7, 11) is 0. The number of nitrogen functional groups attached to an aromatic ring is 1. The molecule has 2 rings (SSSR count). The minimum Gasteiger partial charge on any atom is -0.394 e. The summed E-state index contributed by atoms with van der Waals surface area (Å²) in [5, 5.41) is 9.50. The number of hydrogen-bond acceptors (Lipinski definition) is 5. The van der Waals surface area contributed by atoms with Crippen molar-refractivity contribution in [3.05, 3.63) is 11.9 Å². The van der Waals surface area contributed by atoms with Gasteiger partial charge in [-0.3, -0.25) is 0 Å². The van der Waals surface area contributed by atoms with Crippen molar-refractivity contribution >= 4 is 11.6 Å². The molecule has 0 amide bonds. The number of rotatable bonds is 3. The van der Waals surface area contributed by atoms with Crippen molar-refractivity contribution in [2.45, 2.75) is 39.2 Å². The Morgan fingerprint density at radius 2 is 2.22 bits per heavy atom. The zero-order chi connectivity index (χ0) is 13.3. The van der Waals surface area contributed by atoms with Gasteiger partial charge in [-0.1, -0.05) is 20.8 Å². The monoisotopic (exact) mass is 250 g/mol. The third kappa shape index (κ3) is 2.41. The van der Waals surface area contributed by atoms with E-state index in [0.29, 0.717) is 11.7 Å². The average molecular weight is 250 g/mol. The van der Waals surface area contributed by atoms with Crippen molar-refractivity contribution in [2.75, 3.05) is 23.8 Å². The molecule has 1 fully saturated rings. The van der Waals surface area contributed by atoms with E-state index in [1.807, 2.05) is 0 Å². The van der Waals surface area contributed by atoms with Crippen LogP contribution in [0.2, 0.25) is 0 Å². The van der Waals surface area contributed by atoms with E-state index in [2.05, 4.69) is 35.6 Å². The van der Waals surface area contributed by atoms with Crippen LogP contribution < -0.4 is 10.6 Å². The molecule has 1 aromatic rings.